The molecule has 0 bridgehead atoms. The summed E-state index contributed by atoms with van der Waals surface area (Å²) in [5.41, 5.74) is 2.45. The van der Waals surface area contributed by atoms with Gasteiger partial charge in [-0.25, -0.2) is 0 Å². The number of piperazine rings is 2. The highest BCUT2D eigenvalue weighted by atomic mass is 35.5. The molecule has 2 heterocycles. The zero-order valence-corrected chi connectivity index (χ0v) is 21.5. The molecule has 0 aliphatic carbocycles. The molecular formula is C24H31Cl3N4O3. The van der Waals surface area contributed by atoms with Crippen LogP contribution in [0.4, 0.5) is 11.4 Å². The van der Waals surface area contributed by atoms with Gasteiger partial charge in [-0.1, -0.05) is 30.1 Å². The summed E-state index contributed by atoms with van der Waals surface area (Å²) >= 11 is 11.7. The van der Waals surface area contributed by atoms with Crippen molar-refractivity contribution in [1.82, 2.24) is 10.2 Å². The van der Waals surface area contributed by atoms with Crippen LogP contribution in [-0.2, 0) is 14.4 Å². The van der Waals surface area contributed by atoms with E-state index in [0.29, 0.717) is 6.42 Å². The predicted octanol–water partition coefficient (Wildman–Crippen LogP) is 3.99. The van der Waals surface area contributed by atoms with Crippen LogP contribution in [0.5, 0.6) is 0 Å². The van der Waals surface area contributed by atoms with Gasteiger partial charge in [-0.2, -0.15) is 9.59 Å². The Morgan fingerprint density at radius 3 is 1.56 bits per heavy atom. The quantitative estimate of drug-likeness (QED) is 0.648. The van der Waals surface area contributed by atoms with Crippen LogP contribution in [0.3, 0.4) is 0 Å². The Hall–Kier alpha value is -2.28. The van der Waals surface area contributed by atoms with Crippen LogP contribution in [0.25, 0.3) is 0 Å². The van der Waals surface area contributed by atoms with Gasteiger partial charge < -0.3 is 20.0 Å². The molecule has 0 radical (unpaired) electrons. The molecule has 2 saturated heterocycles. The standard InChI is InChI=1S/C13H17ClN2O.C10H13ClN2.CO2.ClH/c1-2-13(17)16-9-7-15(8-10-16)12-5-3-11(14)4-6-12;11-9-1-3-10(4-2-9)13-7-5-12-6-8-13;2-1-3;/h3-6H,2,7-10H2,1H3;1-4,12H,5-8H2;;1H. The van der Waals surface area contributed by atoms with E-state index in [-0.39, 0.29) is 24.5 Å². The van der Waals surface area contributed by atoms with Gasteiger partial charge in [-0.15, -0.1) is 12.4 Å². The van der Waals surface area contributed by atoms with Crippen LogP contribution >= 0.6 is 35.6 Å². The highest BCUT2D eigenvalue weighted by Gasteiger charge is 2.19. The van der Waals surface area contributed by atoms with Crippen molar-refractivity contribution in [1.29, 1.82) is 0 Å². The number of nitrogens with one attached hydrogen (secondary N) is 1. The maximum Gasteiger partial charge on any atom is 0.373 e. The normalized spacial score (nSPS) is 15.0. The lowest BCUT2D eigenvalue weighted by molar-refractivity contribution is -0.191. The minimum absolute atomic E-state index is 0. The molecule has 2 aliphatic heterocycles. The number of amides is 1. The number of hydrogen-bond donors (Lipinski definition) is 1. The molecule has 186 valence electrons. The van der Waals surface area contributed by atoms with E-state index in [9.17, 15) is 4.79 Å². The number of carbonyl (C=O) groups excluding carboxylic acids is 3. The molecule has 2 aliphatic rings. The first-order chi connectivity index (χ1) is 16.0. The van der Waals surface area contributed by atoms with Crippen LogP contribution in [0.15, 0.2) is 48.5 Å². The number of nitrogens with zero attached hydrogens (tertiary/aromatic N) is 3. The summed E-state index contributed by atoms with van der Waals surface area (Å²) in [5, 5.41) is 4.89. The summed E-state index contributed by atoms with van der Waals surface area (Å²) in [7, 11) is 0. The number of carbonyl (C=O) groups is 1. The van der Waals surface area contributed by atoms with Crippen molar-refractivity contribution in [2.75, 3.05) is 62.2 Å². The Morgan fingerprint density at radius 2 is 1.18 bits per heavy atom. The molecule has 10 heteroatoms. The molecule has 0 saturated carbocycles. The molecule has 0 aromatic heterocycles. The van der Waals surface area contributed by atoms with E-state index >= 15 is 0 Å². The molecule has 1 N–H and O–H groups in total. The SMILES string of the molecule is CCC(=O)N1CCN(c2ccc(Cl)cc2)CC1.Cl.Clc1ccc(N2CCNCC2)cc1.O=C=O. The van der Waals surface area contributed by atoms with Crippen LogP contribution in [0.2, 0.25) is 10.0 Å². The minimum Gasteiger partial charge on any atom is -0.369 e. The Bertz CT molecular complexity index is 877. The predicted molar refractivity (Wildman–Crippen MR) is 139 cm³/mol. The molecule has 0 spiro atoms. The van der Waals surface area contributed by atoms with E-state index in [0.717, 1.165) is 62.4 Å². The van der Waals surface area contributed by atoms with Crippen molar-refractivity contribution >= 4 is 59.0 Å². The summed E-state index contributed by atoms with van der Waals surface area (Å²) in [6.07, 6.45) is 0.848. The van der Waals surface area contributed by atoms with Crippen molar-refractivity contribution in [3.05, 3.63) is 58.6 Å². The average molecular weight is 530 g/mol. The summed E-state index contributed by atoms with van der Waals surface area (Å²) in [6.45, 7) is 9.65. The molecule has 2 fully saturated rings. The van der Waals surface area contributed by atoms with Gasteiger partial charge in [0.15, 0.2) is 0 Å². The summed E-state index contributed by atoms with van der Waals surface area (Å²) in [4.78, 5) is 34.4. The zero-order valence-electron chi connectivity index (χ0n) is 19.2. The number of rotatable bonds is 3. The smallest absolute Gasteiger partial charge is 0.369 e. The maximum atomic E-state index is 11.5. The molecule has 4 rings (SSSR count). The Labute approximate surface area is 217 Å². The van der Waals surface area contributed by atoms with Gasteiger partial charge in [-0.3, -0.25) is 4.79 Å². The van der Waals surface area contributed by atoms with Crippen molar-refractivity contribution in [3.63, 3.8) is 0 Å². The lowest BCUT2D eigenvalue weighted by atomic mass is 10.2. The maximum absolute atomic E-state index is 11.5. The topological polar surface area (TPSA) is 73.0 Å². The summed E-state index contributed by atoms with van der Waals surface area (Å²) < 4.78 is 0. The summed E-state index contributed by atoms with van der Waals surface area (Å²) in [6, 6.07) is 15.9. The van der Waals surface area contributed by atoms with Gasteiger partial charge in [0.25, 0.3) is 0 Å². The Morgan fingerprint density at radius 1 is 0.794 bits per heavy atom. The molecular weight excluding hydrogens is 499 g/mol. The van der Waals surface area contributed by atoms with Gasteiger partial charge in [0.2, 0.25) is 5.91 Å². The van der Waals surface area contributed by atoms with Crippen molar-refractivity contribution < 1.29 is 14.4 Å². The van der Waals surface area contributed by atoms with Gasteiger partial charge in [0.05, 0.1) is 0 Å². The van der Waals surface area contributed by atoms with E-state index in [4.69, 9.17) is 32.8 Å². The molecule has 7 nitrogen and oxygen atoms in total. The van der Waals surface area contributed by atoms with Gasteiger partial charge >= 0.3 is 6.15 Å². The monoisotopic (exact) mass is 528 g/mol. The van der Waals surface area contributed by atoms with E-state index in [1.54, 1.807) is 0 Å². The molecule has 2 aromatic rings. The number of benzene rings is 2. The number of anilines is 2. The third kappa shape index (κ3) is 9.92. The third-order valence-corrected chi connectivity index (χ3v) is 5.94. The first-order valence-corrected chi connectivity index (χ1v) is 11.7. The van der Waals surface area contributed by atoms with Crippen molar-refractivity contribution in [3.8, 4) is 0 Å². The highest BCUT2D eigenvalue weighted by molar-refractivity contribution is 6.30. The van der Waals surface area contributed by atoms with E-state index in [1.807, 2.05) is 48.2 Å². The number of halogens is 3. The average Bonchev–Trinajstić information content (AvgIpc) is 2.86. The molecule has 0 atom stereocenters. The fourth-order valence-corrected chi connectivity index (χ4v) is 3.92. The van der Waals surface area contributed by atoms with E-state index in [1.165, 1.54) is 11.4 Å². The highest BCUT2D eigenvalue weighted by Crippen LogP contribution is 2.20. The largest absolute Gasteiger partial charge is 0.373 e. The van der Waals surface area contributed by atoms with Crippen LogP contribution < -0.4 is 15.1 Å². The van der Waals surface area contributed by atoms with Gasteiger partial charge in [0.1, 0.15) is 0 Å². The molecule has 34 heavy (non-hydrogen) atoms. The van der Waals surface area contributed by atoms with Crippen molar-refractivity contribution in [2.45, 2.75) is 13.3 Å². The fourth-order valence-electron chi connectivity index (χ4n) is 3.66. The second kappa shape index (κ2) is 16.4. The minimum atomic E-state index is 0. The fraction of sp³-hybridized carbons (Fsp3) is 0.417. The second-order valence-corrected chi connectivity index (χ2v) is 8.37. The number of hydrogen-bond acceptors (Lipinski definition) is 6. The molecule has 2 aromatic carbocycles. The van der Waals surface area contributed by atoms with Crippen molar-refractivity contribution in [2.24, 2.45) is 0 Å². The third-order valence-electron chi connectivity index (χ3n) is 5.44. The van der Waals surface area contributed by atoms with Crippen LogP contribution in [-0.4, -0.2) is 69.3 Å². The van der Waals surface area contributed by atoms with E-state index < -0.39 is 0 Å². The molecule has 1 amide bonds. The Balaban J connectivity index is 0.000000304. The van der Waals surface area contributed by atoms with Gasteiger partial charge in [0, 0.05) is 80.2 Å². The van der Waals surface area contributed by atoms with Crippen LogP contribution in [0, 0.1) is 0 Å². The molecule has 0 unspecified atom stereocenters. The lowest BCUT2D eigenvalue weighted by Gasteiger charge is -2.36. The first-order valence-electron chi connectivity index (χ1n) is 11.0. The summed E-state index contributed by atoms with van der Waals surface area (Å²) in [5.74, 6) is 0.251. The first kappa shape index (κ1) is 29.8. The Kier molecular flexibility index (Phi) is 14.3. The van der Waals surface area contributed by atoms with Crippen LogP contribution in [0.1, 0.15) is 13.3 Å². The zero-order chi connectivity index (χ0) is 24.1. The van der Waals surface area contributed by atoms with Gasteiger partial charge in [-0.05, 0) is 48.5 Å². The van der Waals surface area contributed by atoms with E-state index in [2.05, 4.69) is 27.2 Å². The second-order valence-electron chi connectivity index (χ2n) is 7.49. The lowest BCUT2D eigenvalue weighted by Crippen LogP contribution is -2.48.